The van der Waals surface area contributed by atoms with E-state index in [1.807, 2.05) is 36.4 Å². The Morgan fingerprint density at radius 1 is 0.710 bits per heavy atom. The number of hydrogen-bond acceptors (Lipinski definition) is 5. The number of likely N-dealkylation sites (tertiary alicyclic amines) is 2. The Balaban J connectivity index is 1.30. The van der Waals surface area contributed by atoms with E-state index in [4.69, 9.17) is 9.47 Å². The van der Waals surface area contributed by atoms with Crippen molar-refractivity contribution < 1.29 is 9.47 Å². The van der Waals surface area contributed by atoms with E-state index in [1.165, 1.54) is 51.9 Å². The number of pyridine rings is 1. The van der Waals surface area contributed by atoms with Crippen LogP contribution in [-0.4, -0.2) is 67.3 Å². The van der Waals surface area contributed by atoms with E-state index in [9.17, 15) is 4.79 Å². The highest BCUT2D eigenvalue weighted by Crippen LogP contribution is 2.23. The lowest BCUT2D eigenvalue weighted by Crippen LogP contribution is -2.25. The molecule has 2 aliphatic heterocycles. The van der Waals surface area contributed by atoms with Gasteiger partial charge in [-0.3, -0.25) is 14.6 Å². The highest BCUT2D eigenvalue weighted by Gasteiger charge is 2.13. The summed E-state index contributed by atoms with van der Waals surface area (Å²) in [6.45, 7) is 7.91. The number of nitrogens with one attached hydrogen (secondary N) is 1. The molecular weight excluding hydrogens is 390 g/mol. The van der Waals surface area contributed by atoms with E-state index >= 15 is 0 Å². The molecule has 0 atom stereocenters. The van der Waals surface area contributed by atoms with E-state index in [0.29, 0.717) is 24.0 Å². The molecular formula is C25H31N3O3. The van der Waals surface area contributed by atoms with Gasteiger partial charge in [0.2, 0.25) is 0 Å². The van der Waals surface area contributed by atoms with E-state index < -0.39 is 0 Å². The second kappa shape index (κ2) is 9.28. The van der Waals surface area contributed by atoms with Gasteiger partial charge in [-0.25, -0.2) is 0 Å². The molecule has 1 aromatic heterocycles. The van der Waals surface area contributed by atoms with Gasteiger partial charge in [0.1, 0.15) is 24.7 Å². The molecule has 3 aromatic rings. The van der Waals surface area contributed by atoms with Gasteiger partial charge in [0, 0.05) is 36.0 Å². The average Bonchev–Trinajstić information content (AvgIpc) is 3.48. The van der Waals surface area contributed by atoms with Gasteiger partial charge in [-0.05, 0) is 76.1 Å². The van der Waals surface area contributed by atoms with Gasteiger partial charge in [-0.1, -0.05) is 0 Å². The minimum Gasteiger partial charge on any atom is -0.492 e. The first kappa shape index (κ1) is 20.3. The number of fused-ring (bicyclic) bond motifs is 2. The van der Waals surface area contributed by atoms with Crippen molar-refractivity contribution in [2.24, 2.45) is 0 Å². The third-order valence-corrected chi connectivity index (χ3v) is 6.49. The summed E-state index contributed by atoms with van der Waals surface area (Å²) in [6, 6.07) is 11.4. The zero-order valence-electron chi connectivity index (χ0n) is 18.1. The van der Waals surface area contributed by atoms with E-state index in [-0.39, 0.29) is 5.43 Å². The van der Waals surface area contributed by atoms with Crippen LogP contribution in [0.4, 0.5) is 0 Å². The van der Waals surface area contributed by atoms with E-state index in [0.717, 1.165) is 35.6 Å². The third-order valence-electron chi connectivity index (χ3n) is 6.49. The molecule has 31 heavy (non-hydrogen) atoms. The average molecular weight is 422 g/mol. The Morgan fingerprint density at radius 2 is 1.16 bits per heavy atom. The molecule has 0 amide bonds. The molecule has 0 bridgehead atoms. The maximum absolute atomic E-state index is 13.0. The molecule has 1 N–H and O–H groups in total. The summed E-state index contributed by atoms with van der Waals surface area (Å²) in [5.74, 6) is 1.58. The minimum absolute atomic E-state index is 0.0379. The maximum atomic E-state index is 13.0. The Hall–Kier alpha value is -2.57. The normalized spacial score (nSPS) is 17.7. The number of hydrogen-bond donors (Lipinski definition) is 1. The lowest BCUT2D eigenvalue weighted by atomic mass is 10.1. The quantitative estimate of drug-likeness (QED) is 0.563. The van der Waals surface area contributed by atoms with Crippen molar-refractivity contribution in [3.8, 4) is 11.5 Å². The summed E-state index contributed by atoms with van der Waals surface area (Å²) in [5, 5.41) is 1.36. The number of aromatic nitrogens is 1. The molecule has 0 aliphatic carbocycles. The monoisotopic (exact) mass is 421 g/mol. The summed E-state index contributed by atoms with van der Waals surface area (Å²) in [7, 11) is 0. The van der Waals surface area contributed by atoms with Crippen LogP contribution in [0.25, 0.3) is 21.8 Å². The van der Waals surface area contributed by atoms with Crippen LogP contribution < -0.4 is 14.9 Å². The zero-order valence-corrected chi connectivity index (χ0v) is 18.1. The van der Waals surface area contributed by atoms with E-state index in [2.05, 4.69) is 14.8 Å². The molecule has 2 aliphatic rings. The summed E-state index contributed by atoms with van der Waals surface area (Å²) in [4.78, 5) is 21.2. The lowest BCUT2D eigenvalue weighted by molar-refractivity contribution is 0.238. The van der Waals surface area contributed by atoms with Crippen molar-refractivity contribution in [3.63, 3.8) is 0 Å². The Kier molecular flexibility index (Phi) is 6.09. The molecule has 6 nitrogen and oxygen atoms in total. The van der Waals surface area contributed by atoms with Crippen molar-refractivity contribution >= 4 is 21.8 Å². The second-order valence-corrected chi connectivity index (χ2v) is 8.66. The number of aromatic amines is 1. The minimum atomic E-state index is 0.0379. The van der Waals surface area contributed by atoms with Crippen molar-refractivity contribution in [2.75, 3.05) is 52.5 Å². The van der Waals surface area contributed by atoms with Gasteiger partial charge >= 0.3 is 0 Å². The van der Waals surface area contributed by atoms with Crippen molar-refractivity contribution in [1.29, 1.82) is 0 Å². The molecule has 0 saturated carbocycles. The van der Waals surface area contributed by atoms with Gasteiger partial charge in [-0.2, -0.15) is 0 Å². The number of H-pyrrole nitrogens is 1. The Morgan fingerprint density at radius 3 is 1.61 bits per heavy atom. The molecule has 2 saturated heterocycles. The van der Waals surface area contributed by atoms with Crippen LogP contribution in [0.15, 0.2) is 41.2 Å². The Labute approximate surface area is 182 Å². The van der Waals surface area contributed by atoms with Crippen LogP contribution in [0.3, 0.4) is 0 Å². The van der Waals surface area contributed by atoms with Crippen LogP contribution in [0.1, 0.15) is 25.7 Å². The van der Waals surface area contributed by atoms with Gasteiger partial charge in [-0.15, -0.1) is 0 Å². The highest BCUT2D eigenvalue weighted by atomic mass is 16.5. The molecule has 5 rings (SSSR count). The highest BCUT2D eigenvalue weighted by molar-refractivity contribution is 5.93. The summed E-state index contributed by atoms with van der Waals surface area (Å²) in [6.07, 6.45) is 5.14. The zero-order chi connectivity index (χ0) is 21.0. The van der Waals surface area contributed by atoms with Crippen LogP contribution in [0, 0.1) is 0 Å². The van der Waals surface area contributed by atoms with Crippen molar-refractivity contribution in [1.82, 2.24) is 14.8 Å². The molecule has 0 radical (unpaired) electrons. The third kappa shape index (κ3) is 4.70. The van der Waals surface area contributed by atoms with Gasteiger partial charge in [0.25, 0.3) is 0 Å². The maximum Gasteiger partial charge on any atom is 0.197 e. The smallest absolute Gasteiger partial charge is 0.197 e. The molecule has 164 valence electrons. The predicted octanol–water partition coefficient (Wildman–Crippen LogP) is 3.63. The van der Waals surface area contributed by atoms with Crippen LogP contribution in [0.2, 0.25) is 0 Å². The second-order valence-electron chi connectivity index (χ2n) is 8.66. The molecule has 2 fully saturated rings. The van der Waals surface area contributed by atoms with E-state index in [1.54, 1.807) is 0 Å². The number of rotatable bonds is 8. The number of nitrogens with zero attached hydrogens (tertiary/aromatic N) is 2. The van der Waals surface area contributed by atoms with Crippen LogP contribution in [0.5, 0.6) is 11.5 Å². The lowest BCUT2D eigenvalue weighted by Gasteiger charge is -2.15. The largest absolute Gasteiger partial charge is 0.492 e. The fourth-order valence-electron chi connectivity index (χ4n) is 4.72. The predicted molar refractivity (Wildman–Crippen MR) is 124 cm³/mol. The van der Waals surface area contributed by atoms with Crippen LogP contribution >= 0.6 is 0 Å². The van der Waals surface area contributed by atoms with Gasteiger partial charge in [0.05, 0.1) is 11.0 Å². The molecule has 0 unspecified atom stereocenters. The molecule has 2 aromatic carbocycles. The summed E-state index contributed by atoms with van der Waals surface area (Å²) in [5.41, 5.74) is 1.63. The molecule has 3 heterocycles. The number of ether oxygens (including phenoxy) is 2. The summed E-state index contributed by atoms with van der Waals surface area (Å²) >= 11 is 0. The topological polar surface area (TPSA) is 57.8 Å². The number of benzene rings is 2. The standard InChI is InChI=1S/C25H31N3O3/c29-25-21-7-5-19(30-15-13-27-9-1-2-10-27)17-23(21)26-24-18-20(6-8-22(24)25)31-16-14-28-11-3-4-12-28/h5-8,17-18H,1-4,9-16H2,(H,26,29). The first-order valence-electron chi connectivity index (χ1n) is 11.6. The summed E-state index contributed by atoms with van der Waals surface area (Å²) < 4.78 is 11.9. The molecule has 6 heteroatoms. The fraction of sp³-hybridized carbons (Fsp3) is 0.480. The Bertz CT molecular complexity index is 1020. The van der Waals surface area contributed by atoms with Gasteiger partial charge in [0.15, 0.2) is 5.43 Å². The molecule has 0 spiro atoms. The first-order chi connectivity index (χ1) is 15.3. The van der Waals surface area contributed by atoms with Crippen LogP contribution in [-0.2, 0) is 0 Å². The fourth-order valence-corrected chi connectivity index (χ4v) is 4.72. The van der Waals surface area contributed by atoms with Gasteiger partial charge < -0.3 is 14.5 Å². The SMILES string of the molecule is O=c1c2ccc(OCCN3CCCC3)cc2[nH]c2cc(OCCN3CCCC3)ccc12. The first-order valence-corrected chi connectivity index (χ1v) is 11.6. The van der Waals surface area contributed by atoms with Crippen molar-refractivity contribution in [3.05, 3.63) is 46.6 Å². The van der Waals surface area contributed by atoms with Crippen molar-refractivity contribution in [2.45, 2.75) is 25.7 Å².